The van der Waals surface area contributed by atoms with Crippen molar-refractivity contribution >= 4 is 5.97 Å². The van der Waals surface area contributed by atoms with Gasteiger partial charge in [0.25, 0.3) is 0 Å². The topological polar surface area (TPSA) is 37.3 Å². The molecule has 1 aliphatic rings. The zero-order chi connectivity index (χ0) is 12.5. The average molecular weight is 232 g/mol. The van der Waals surface area contributed by atoms with E-state index in [2.05, 4.69) is 31.2 Å². The van der Waals surface area contributed by atoms with Crippen LogP contribution in [0.25, 0.3) is 0 Å². The minimum atomic E-state index is -0.653. The summed E-state index contributed by atoms with van der Waals surface area (Å²) in [6.07, 6.45) is 3.81. The number of aryl methyl sites for hydroxylation is 1. The van der Waals surface area contributed by atoms with Gasteiger partial charge in [0.2, 0.25) is 0 Å². The number of hydrogen-bond donors (Lipinski definition) is 1. The normalized spacial score (nSPS) is 18.7. The van der Waals surface area contributed by atoms with Crippen LogP contribution in [0.1, 0.15) is 37.8 Å². The first kappa shape index (κ1) is 12.2. The Morgan fingerprint density at radius 1 is 1.29 bits per heavy atom. The van der Waals surface area contributed by atoms with E-state index in [1.165, 1.54) is 5.56 Å². The molecule has 1 aromatic carbocycles. The van der Waals surface area contributed by atoms with Gasteiger partial charge in [-0.2, -0.15) is 0 Å². The molecule has 1 unspecified atom stereocenters. The molecule has 17 heavy (non-hydrogen) atoms. The molecule has 2 heteroatoms. The van der Waals surface area contributed by atoms with E-state index in [4.69, 9.17) is 0 Å². The smallest absolute Gasteiger partial charge is 0.309 e. The molecule has 1 saturated carbocycles. The molecule has 92 valence electrons. The molecule has 2 nitrogen and oxygen atoms in total. The molecule has 0 spiro atoms. The molecule has 1 atom stereocenters. The number of carboxylic acids is 1. The Hall–Kier alpha value is -1.31. The van der Waals surface area contributed by atoms with Gasteiger partial charge < -0.3 is 5.11 Å². The third kappa shape index (κ3) is 2.51. The lowest BCUT2D eigenvalue weighted by molar-refractivity contribution is -0.149. The monoisotopic (exact) mass is 232 g/mol. The van der Waals surface area contributed by atoms with Crippen molar-refractivity contribution in [3.63, 3.8) is 0 Å². The molecule has 0 amide bonds. The molecular weight excluding hydrogens is 212 g/mol. The van der Waals surface area contributed by atoms with Gasteiger partial charge in [-0.1, -0.05) is 31.2 Å². The van der Waals surface area contributed by atoms with Gasteiger partial charge in [-0.3, -0.25) is 4.79 Å². The number of carboxylic acid groups (broad SMARTS) is 1. The highest BCUT2D eigenvalue weighted by Gasteiger charge is 2.47. The van der Waals surface area contributed by atoms with E-state index >= 15 is 0 Å². The maximum Gasteiger partial charge on any atom is 0.309 e. The molecule has 1 N–H and O–H groups in total. The zero-order valence-electron chi connectivity index (χ0n) is 10.6. The highest BCUT2D eigenvalue weighted by molar-refractivity contribution is 5.75. The van der Waals surface area contributed by atoms with Crippen molar-refractivity contribution in [1.82, 2.24) is 0 Å². The van der Waals surface area contributed by atoms with Crippen molar-refractivity contribution in [1.29, 1.82) is 0 Å². The summed E-state index contributed by atoms with van der Waals surface area (Å²) >= 11 is 0. The lowest BCUT2D eigenvalue weighted by atomic mass is 9.79. The van der Waals surface area contributed by atoms with Crippen LogP contribution in [0.2, 0.25) is 0 Å². The Kier molecular flexibility index (Phi) is 3.23. The van der Waals surface area contributed by atoms with E-state index in [0.29, 0.717) is 12.3 Å². The Balaban J connectivity index is 2.14. The van der Waals surface area contributed by atoms with Gasteiger partial charge >= 0.3 is 5.97 Å². The van der Waals surface area contributed by atoms with Crippen molar-refractivity contribution < 1.29 is 9.90 Å². The van der Waals surface area contributed by atoms with E-state index in [9.17, 15) is 9.90 Å². The van der Waals surface area contributed by atoms with Crippen LogP contribution < -0.4 is 0 Å². The summed E-state index contributed by atoms with van der Waals surface area (Å²) in [5, 5.41) is 9.41. The van der Waals surface area contributed by atoms with Gasteiger partial charge in [0, 0.05) is 0 Å². The van der Waals surface area contributed by atoms with Crippen LogP contribution in [-0.2, 0) is 17.6 Å². The van der Waals surface area contributed by atoms with E-state index in [1.54, 1.807) is 0 Å². The van der Waals surface area contributed by atoms with Gasteiger partial charge in [0.15, 0.2) is 0 Å². The highest BCUT2D eigenvalue weighted by atomic mass is 16.4. The Labute approximate surface area is 103 Å². The highest BCUT2D eigenvalue weighted by Crippen LogP contribution is 2.47. The summed E-state index contributed by atoms with van der Waals surface area (Å²) in [6.45, 7) is 4.02. The molecule has 0 bridgehead atoms. The molecule has 1 aromatic rings. The van der Waals surface area contributed by atoms with Gasteiger partial charge in [-0.05, 0) is 49.7 Å². The molecule has 1 aliphatic carbocycles. The summed E-state index contributed by atoms with van der Waals surface area (Å²) in [7, 11) is 0. The average Bonchev–Trinajstić information content (AvgIpc) is 3.13. The van der Waals surface area contributed by atoms with Crippen LogP contribution in [0.3, 0.4) is 0 Å². The van der Waals surface area contributed by atoms with Gasteiger partial charge in [0.05, 0.1) is 5.41 Å². The lowest BCUT2D eigenvalue weighted by Gasteiger charge is -2.24. The van der Waals surface area contributed by atoms with Gasteiger partial charge in [0.1, 0.15) is 0 Å². The first-order valence-corrected chi connectivity index (χ1v) is 6.37. The van der Waals surface area contributed by atoms with Crippen LogP contribution in [0, 0.1) is 11.3 Å². The minimum absolute atomic E-state index is 0.367. The van der Waals surface area contributed by atoms with Crippen LogP contribution in [0.5, 0.6) is 0 Å². The summed E-state index contributed by atoms with van der Waals surface area (Å²) in [6, 6.07) is 8.35. The number of hydrogen-bond acceptors (Lipinski definition) is 1. The molecule has 0 heterocycles. The van der Waals surface area contributed by atoms with Gasteiger partial charge in [-0.15, -0.1) is 0 Å². The second-order valence-electron chi connectivity index (χ2n) is 5.34. The molecule has 0 radical (unpaired) electrons. The lowest BCUT2D eigenvalue weighted by Crippen LogP contribution is -2.32. The summed E-state index contributed by atoms with van der Waals surface area (Å²) in [5.41, 5.74) is 1.87. The third-order valence-electron chi connectivity index (χ3n) is 3.97. The van der Waals surface area contributed by atoms with E-state index < -0.39 is 11.4 Å². The van der Waals surface area contributed by atoms with E-state index in [1.807, 2.05) is 6.92 Å². The van der Waals surface area contributed by atoms with E-state index in [-0.39, 0.29) is 0 Å². The van der Waals surface area contributed by atoms with Crippen molar-refractivity contribution in [3.05, 3.63) is 35.4 Å². The second-order valence-corrected chi connectivity index (χ2v) is 5.34. The first-order valence-electron chi connectivity index (χ1n) is 6.37. The predicted octanol–water partition coefficient (Wildman–Crippen LogP) is 3.29. The molecular formula is C15H20O2. The number of rotatable bonds is 5. The maximum absolute atomic E-state index is 11.4. The van der Waals surface area contributed by atoms with Crippen LogP contribution in [0.4, 0.5) is 0 Å². The first-order chi connectivity index (χ1) is 8.06. The number of aliphatic carboxylic acids is 1. The van der Waals surface area contributed by atoms with Crippen molar-refractivity contribution in [2.75, 3.05) is 0 Å². The van der Waals surface area contributed by atoms with Crippen LogP contribution in [0.15, 0.2) is 24.3 Å². The SMILES string of the molecule is CCc1ccc(CC(C)(C(=O)O)C2CC2)cc1. The summed E-state index contributed by atoms with van der Waals surface area (Å²) < 4.78 is 0. The zero-order valence-corrected chi connectivity index (χ0v) is 10.6. The minimum Gasteiger partial charge on any atom is -0.481 e. The molecule has 1 fully saturated rings. The van der Waals surface area contributed by atoms with Crippen LogP contribution in [-0.4, -0.2) is 11.1 Å². The standard InChI is InChI=1S/C15H20O2/c1-3-11-4-6-12(7-5-11)10-15(2,14(16)17)13-8-9-13/h4-7,13H,3,8-10H2,1-2H3,(H,16,17). The van der Waals surface area contributed by atoms with Crippen molar-refractivity contribution in [2.24, 2.45) is 11.3 Å². The van der Waals surface area contributed by atoms with Gasteiger partial charge in [-0.25, -0.2) is 0 Å². The Bertz CT molecular complexity index is 403. The predicted molar refractivity (Wildman–Crippen MR) is 68.0 cm³/mol. The Morgan fingerprint density at radius 2 is 1.82 bits per heavy atom. The number of benzene rings is 1. The molecule has 2 rings (SSSR count). The fraction of sp³-hybridized carbons (Fsp3) is 0.533. The number of carbonyl (C=O) groups is 1. The largest absolute Gasteiger partial charge is 0.481 e. The maximum atomic E-state index is 11.4. The van der Waals surface area contributed by atoms with Crippen molar-refractivity contribution in [2.45, 2.75) is 39.5 Å². The molecule has 0 aliphatic heterocycles. The summed E-state index contributed by atoms with van der Waals surface area (Å²) in [5.74, 6) is -0.287. The van der Waals surface area contributed by atoms with Crippen molar-refractivity contribution in [3.8, 4) is 0 Å². The quantitative estimate of drug-likeness (QED) is 0.845. The Morgan fingerprint density at radius 3 is 2.24 bits per heavy atom. The fourth-order valence-corrected chi connectivity index (χ4v) is 2.43. The van der Waals surface area contributed by atoms with Crippen LogP contribution >= 0.6 is 0 Å². The van der Waals surface area contributed by atoms with E-state index in [0.717, 1.165) is 24.8 Å². The fourth-order valence-electron chi connectivity index (χ4n) is 2.43. The third-order valence-corrected chi connectivity index (χ3v) is 3.97. The summed E-state index contributed by atoms with van der Waals surface area (Å²) in [4.78, 5) is 11.4. The second kappa shape index (κ2) is 4.52. The molecule has 0 aromatic heterocycles. The molecule has 0 saturated heterocycles.